The highest BCUT2D eigenvalue weighted by Gasteiger charge is 2.38. The van der Waals surface area contributed by atoms with Crippen molar-refractivity contribution < 1.29 is 27.4 Å². The van der Waals surface area contributed by atoms with Crippen LogP contribution in [0.2, 0.25) is 0 Å². The van der Waals surface area contributed by atoms with Crippen molar-refractivity contribution in [1.82, 2.24) is 10.2 Å². The lowest BCUT2D eigenvalue weighted by Gasteiger charge is -2.11. The number of benzene rings is 2. The number of ether oxygens (including phenoxy) is 2. The van der Waals surface area contributed by atoms with Crippen LogP contribution in [0.1, 0.15) is 16.1 Å². The number of nitrogens with one attached hydrogen (secondary N) is 2. The molecule has 6 nitrogen and oxygen atoms in total. The molecule has 146 valence electrons. The van der Waals surface area contributed by atoms with E-state index in [1.807, 2.05) is 5.10 Å². The van der Waals surface area contributed by atoms with Gasteiger partial charge in [0.1, 0.15) is 17.2 Å². The van der Waals surface area contributed by atoms with Crippen molar-refractivity contribution in [3.05, 3.63) is 59.8 Å². The average Bonchev–Trinajstić information content (AvgIpc) is 3.12. The molecule has 0 fully saturated rings. The van der Waals surface area contributed by atoms with E-state index in [0.29, 0.717) is 11.5 Å². The first-order valence-corrected chi connectivity index (χ1v) is 8.09. The van der Waals surface area contributed by atoms with E-state index in [-0.39, 0.29) is 22.5 Å². The zero-order valence-electron chi connectivity index (χ0n) is 14.9. The molecule has 0 unspecified atom stereocenters. The summed E-state index contributed by atoms with van der Waals surface area (Å²) in [6.45, 7) is 0. The van der Waals surface area contributed by atoms with E-state index in [0.717, 1.165) is 0 Å². The molecule has 1 amide bonds. The summed E-state index contributed by atoms with van der Waals surface area (Å²) in [6.07, 6.45) is -4.67. The van der Waals surface area contributed by atoms with Gasteiger partial charge in [0.2, 0.25) is 0 Å². The summed E-state index contributed by atoms with van der Waals surface area (Å²) in [5, 5.41) is 8.07. The molecule has 0 atom stereocenters. The molecule has 0 saturated carbocycles. The third kappa shape index (κ3) is 3.93. The minimum atomic E-state index is -4.67. The van der Waals surface area contributed by atoms with Crippen LogP contribution in [0, 0.1) is 0 Å². The van der Waals surface area contributed by atoms with Crippen LogP contribution in [0.3, 0.4) is 0 Å². The first-order chi connectivity index (χ1) is 13.3. The predicted molar refractivity (Wildman–Crippen MR) is 96.5 cm³/mol. The van der Waals surface area contributed by atoms with Gasteiger partial charge >= 0.3 is 6.18 Å². The molecule has 3 rings (SSSR count). The lowest BCUT2D eigenvalue weighted by atomic mass is 10.0. The van der Waals surface area contributed by atoms with E-state index in [2.05, 4.69) is 10.4 Å². The largest absolute Gasteiger partial charge is 0.497 e. The molecular formula is C19H16F3N3O3. The van der Waals surface area contributed by atoms with Crippen molar-refractivity contribution in [1.29, 1.82) is 0 Å². The molecule has 2 aromatic carbocycles. The number of hydrogen-bond acceptors (Lipinski definition) is 4. The molecule has 1 aromatic heterocycles. The van der Waals surface area contributed by atoms with Crippen LogP contribution in [0.4, 0.5) is 19.0 Å². The van der Waals surface area contributed by atoms with Gasteiger partial charge in [0.15, 0.2) is 5.82 Å². The maximum Gasteiger partial charge on any atom is 0.433 e. The predicted octanol–water partition coefficient (Wildman–Crippen LogP) is 4.37. The number of aromatic nitrogens is 2. The zero-order valence-corrected chi connectivity index (χ0v) is 14.9. The van der Waals surface area contributed by atoms with Crippen molar-refractivity contribution in [2.75, 3.05) is 19.5 Å². The molecule has 0 aliphatic carbocycles. The number of hydrogen-bond donors (Lipinski definition) is 2. The summed E-state index contributed by atoms with van der Waals surface area (Å²) in [6, 6.07) is 12.3. The highest BCUT2D eigenvalue weighted by atomic mass is 19.4. The van der Waals surface area contributed by atoms with Gasteiger partial charge < -0.3 is 14.8 Å². The van der Waals surface area contributed by atoms with Crippen LogP contribution < -0.4 is 14.8 Å². The number of alkyl halides is 3. The van der Waals surface area contributed by atoms with Gasteiger partial charge in [-0.3, -0.25) is 9.89 Å². The van der Waals surface area contributed by atoms with Crippen LogP contribution >= 0.6 is 0 Å². The molecule has 0 radical (unpaired) electrons. The molecule has 0 spiro atoms. The van der Waals surface area contributed by atoms with Crippen molar-refractivity contribution in [3.8, 4) is 22.6 Å². The second-order valence-corrected chi connectivity index (χ2v) is 5.74. The number of nitrogens with zero attached hydrogens (tertiary/aromatic N) is 1. The number of rotatable bonds is 5. The number of anilines is 1. The third-order valence-corrected chi connectivity index (χ3v) is 3.96. The summed E-state index contributed by atoms with van der Waals surface area (Å²) in [4.78, 5) is 12.6. The normalized spacial score (nSPS) is 11.2. The van der Waals surface area contributed by atoms with Gasteiger partial charge in [-0.05, 0) is 17.7 Å². The van der Waals surface area contributed by atoms with Crippen LogP contribution in [-0.4, -0.2) is 30.3 Å². The van der Waals surface area contributed by atoms with Crippen molar-refractivity contribution >= 4 is 11.7 Å². The Kier molecular flexibility index (Phi) is 5.25. The summed E-state index contributed by atoms with van der Waals surface area (Å²) in [7, 11) is 2.85. The topological polar surface area (TPSA) is 76.2 Å². The summed E-state index contributed by atoms with van der Waals surface area (Å²) >= 11 is 0. The standard InChI is InChI=1S/C19H16F3N3O3/c1-27-13-8-12(9-14(10-13)28-2)18(26)23-17-15(11-6-4-3-5-7-11)16(24-25-17)19(20,21)22/h3-10H,1-2H3,(H2,23,24,25,26). The molecule has 0 aliphatic heterocycles. The van der Waals surface area contributed by atoms with Crippen LogP contribution in [-0.2, 0) is 6.18 Å². The highest BCUT2D eigenvalue weighted by molar-refractivity contribution is 6.06. The number of carbonyl (C=O) groups excluding carboxylic acids is 1. The fourth-order valence-electron chi connectivity index (χ4n) is 2.64. The summed E-state index contributed by atoms with van der Waals surface area (Å²) < 4.78 is 50.4. The number of H-pyrrole nitrogens is 1. The molecule has 9 heteroatoms. The minimum absolute atomic E-state index is 0.145. The Labute approximate surface area is 158 Å². The number of amides is 1. The van der Waals surface area contributed by atoms with Crippen molar-refractivity contribution in [2.45, 2.75) is 6.18 Å². The van der Waals surface area contributed by atoms with E-state index in [4.69, 9.17) is 9.47 Å². The van der Waals surface area contributed by atoms with Gasteiger partial charge in [-0.1, -0.05) is 30.3 Å². The molecule has 3 aromatic rings. The lowest BCUT2D eigenvalue weighted by molar-refractivity contribution is -0.140. The Morgan fingerprint density at radius 1 is 1.04 bits per heavy atom. The molecule has 2 N–H and O–H groups in total. The smallest absolute Gasteiger partial charge is 0.433 e. The number of halogens is 3. The maximum atomic E-state index is 13.4. The van der Waals surface area contributed by atoms with E-state index in [9.17, 15) is 18.0 Å². The first-order valence-electron chi connectivity index (χ1n) is 8.09. The Bertz CT molecular complexity index is 963. The Morgan fingerprint density at radius 2 is 1.64 bits per heavy atom. The maximum absolute atomic E-state index is 13.4. The van der Waals surface area contributed by atoms with E-state index in [1.165, 1.54) is 38.5 Å². The Balaban J connectivity index is 2.01. The number of carbonyl (C=O) groups is 1. The van der Waals surface area contributed by atoms with E-state index >= 15 is 0 Å². The van der Waals surface area contributed by atoms with Gasteiger partial charge in [0.05, 0.1) is 19.8 Å². The first kappa shape index (κ1) is 19.3. The Hall–Kier alpha value is -3.49. The van der Waals surface area contributed by atoms with Crippen molar-refractivity contribution in [2.24, 2.45) is 0 Å². The van der Waals surface area contributed by atoms with Gasteiger partial charge in [-0.25, -0.2) is 0 Å². The summed E-state index contributed by atoms with van der Waals surface area (Å²) in [5.41, 5.74) is -0.873. The van der Waals surface area contributed by atoms with E-state index < -0.39 is 17.8 Å². The molecule has 1 heterocycles. The minimum Gasteiger partial charge on any atom is -0.497 e. The zero-order chi connectivity index (χ0) is 20.3. The lowest BCUT2D eigenvalue weighted by Crippen LogP contribution is -2.14. The molecule has 0 bridgehead atoms. The fourth-order valence-corrected chi connectivity index (χ4v) is 2.64. The number of methoxy groups -OCH3 is 2. The van der Waals surface area contributed by atoms with Gasteiger partial charge in [0.25, 0.3) is 5.91 Å². The second kappa shape index (κ2) is 7.63. The van der Waals surface area contributed by atoms with Crippen LogP contribution in [0.5, 0.6) is 11.5 Å². The van der Waals surface area contributed by atoms with Crippen molar-refractivity contribution in [3.63, 3.8) is 0 Å². The molecular weight excluding hydrogens is 375 g/mol. The van der Waals surface area contributed by atoms with Gasteiger partial charge in [0, 0.05) is 11.6 Å². The Morgan fingerprint density at radius 3 is 2.18 bits per heavy atom. The highest BCUT2D eigenvalue weighted by Crippen LogP contribution is 2.39. The summed E-state index contributed by atoms with van der Waals surface area (Å²) in [5.74, 6) is -0.156. The van der Waals surface area contributed by atoms with Crippen LogP contribution in [0.25, 0.3) is 11.1 Å². The van der Waals surface area contributed by atoms with Crippen LogP contribution in [0.15, 0.2) is 48.5 Å². The molecule has 0 saturated heterocycles. The molecule has 0 aliphatic rings. The monoisotopic (exact) mass is 391 g/mol. The SMILES string of the molecule is COc1cc(OC)cc(C(=O)Nc2n[nH]c(C(F)(F)F)c2-c2ccccc2)c1. The molecule has 28 heavy (non-hydrogen) atoms. The van der Waals surface area contributed by atoms with Gasteiger partial charge in [-0.15, -0.1) is 0 Å². The van der Waals surface area contributed by atoms with E-state index in [1.54, 1.807) is 24.3 Å². The average molecular weight is 391 g/mol. The fraction of sp³-hybridized carbons (Fsp3) is 0.158. The number of aromatic amines is 1. The third-order valence-electron chi connectivity index (χ3n) is 3.96. The van der Waals surface area contributed by atoms with Gasteiger partial charge in [-0.2, -0.15) is 18.3 Å². The second-order valence-electron chi connectivity index (χ2n) is 5.74. The quantitative estimate of drug-likeness (QED) is 0.677.